The summed E-state index contributed by atoms with van der Waals surface area (Å²) in [5.41, 5.74) is 2.12. The van der Waals surface area contributed by atoms with Gasteiger partial charge in [-0.2, -0.15) is 13.2 Å². The fourth-order valence-corrected chi connectivity index (χ4v) is 1.77. The van der Waals surface area contributed by atoms with Crippen LogP contribution in [0.3, 0.4) is 0 Å². The molecule has 0 unspecified atom stereocenters. The second-order valence-corrected chi connectivity index (χ2v) is 4.24. The highest BCUT2D eigenvalue weighted by Gasteiger charge is 2.27. The van der Waals surface area contributed by atoms with E-state index in [4.69, 9.17) is 0 Å². The number of ether oxygens (including phenoxy) is 1. The van der Waals surface area contributed by atoms with Crippen LogP contribution in [0.25, 0.3) is 10.9 Å². The predicted molar refractivity (Wildman–Crippen MR) is 66.9 cm³/mol. The lowest BCUT2D eigenvalue weighted by molar-refractivity contribution is -0.173. The summed E-state index contributed by atoms with van der Waals surface area (Å²) in [4.78, 5) is 3.11. The summed E-state index contributed by atoms with van der Waals surface area (Å²) in [6.45, 7) is -0.156. The molecule has 0 amide bonds. The zero-order valence-corrected chi connectivity index (χ0v) is 10.3. The summed E-state index contributed by atoms with van der Waals surface area (Å²) in [6.07, 6.45) is -2.38. The van der Waals surface area contributed by atoms with E-state index in [2.05, 4.69) is 15.0 Å². The van der Waals surface area contributed by atoms with Gasteiger partial charge in [0.2, 0.25) is 0 Å². The molecule has 19 heavy (non-hydrogen) atoms. The van der Waals surface area contributed by atoms with E-state index in [0.29, 0.717) is 13.1 Å². The molecule has 6 heteroatoms. The minimum Gasteiger partial charge on any atom is -0.371 e. The minimum absolute atomic E-state index is 0.0459. The number of aromatic nitrogens is 1. The fourth-order valence-electron chi connectivity index (χ4n) is 1.77. The highest BCUT2D eigenvalue weighted by Crippen LogP contribution is 2.14. The van der Waals surface area contributed by atoms with E-state index in [1.54, 1.807) is 0 Å². The van der Waals surface area contributed by atoms with Gasteiger partial charge in [-0.3, -0.25) is 0 Å². The Morgan fingerprint density at radius 2 is 2.05 bits per heavy atom. The minimum atomic E-state index is -4.25. The van der Waals surface area contributed by atoms with Gasteiger partial charge >= 0.3 is 6.18 Å². The lowest BCUT2D eigenvalue weighted by Crippen LogP contribution is -2.23. The molecule has 0 aliphatic heterocycles. The summed E-state index contributed by atoms with van der Waals surface area (Å²) < 4.78 is 39.9. The van der Waals surface area contributed by atoms with Gasteiger partial charge in [-0.25, -0.2) is 0 Å². The Morgan fingerprint density at radius 3 is 2.84 bits per heavy atom. The molecule has 2 aromatic rings. The van der Waals surface area contributed by atoms with Gasteiger partial charge in [0.25, 0.3) is 0 Å². The first-order valence-corrected chi connectivity index (χ1v) is 5.96. The number of hydrogen-bond donors (Lipinski definition) is 2. The fraction of sp³-hybridized carbons (Fsp3) is 0.385. The molecule has 2 rings (SSSR count). The second-order valence-electron chi connectivity index (χ2n) is 4.24. The van der Waals surface area contributed by atoms with Crippen molar-refractivity contribution in [3.8, 4) is 0 Å². The zero-order valence-electron chi connectivity index (χ0n) is 10.3. The molecule has 0 aliphatic rings. The Morgan fingerprint density at radius 1 is 1.21 bits per heavy atom. The highest BCUT2D eigenvalue weighted by atomic mass is 19.4. The van der Waals surface area contributed by atoms with Crippen molar-refractivity contribution in [1.29, 1.82) is 0 Å². The number of aromatic amines is 1. The number of nitrogens with one attached hydrogen (secondary N) is 2. The average molecular weight is 272 g/mol. The Labute approximate surface area is 108 Å². The molecule has 1 aromatic carbocycles. The van der Waals surface area contributed by atoms with Gasteiger partial charge in [0.1, 0.15) is 6.61 Å². The summed E-state index contributed by atoms with van der Waals surface area (Å²) in [7, 11) is 0. The molecule has 0 atom stereocenters. The van der Waals surface area contributed by atoms with E-state index >= 15 is 0 Å². The molecule has 104 valence electrons. The van der Waals surface area contributed by atoms with Gasteiger partial charge in [0.15, 0.2) is 0 Å². The van der Waals surface area contributed by atoms with Crippen molar-refractivity contribution < 1.29 is 17.9 Å². The number of alkyl halides is 3. The van der Waals surface area contributed by atoms with E-state index in [-0.39, 0.29) is 6.61 Å². The molecule has 1 aromatic heterocycles. The van der Waals surface area contributed by atoms with Crippen LogP contribution in [-0.2, 0) is 11.3 Å². The van der Waals surface area contributed by atoms with Crippen LogP contribution in [0.15, 0.2) is 30.5 Å². The van der Waals surface area contributed by atoms with Crippen molar-refractivity contribution in [2.24, 2.45) is 0 Å². The third-order valence-corrected chi connectivity index (χ3v) is 2.64. The SMILES string of the molecule is FC(F)(F)COCCNCc1ccc2cc[nH]c2c1. The Bertz CT molecular complexity index is 522. The van der Waals surface area contributed by atoms with Gasteiger partial charge < -0.3 is 15.0 Å². The van der Waals surface area contributed by atoms with Crippen LogP contribution < -0.4 is 5.32 Å². The normalized spacial score (nSPS) is 12.2. The Hall–Kier alpha value is -1.53. The zero-order chi connectivity index (χ0) is 13.7. The van der Waals surface area contributed by atoms with Crippen LogP contribution in [0.4, 0.5) is 13.2 Å². The van der Waals surface area contributed by atoms with Crippen LogP contribution in [0, 0.1) is 0 Å². The molecule has 0 radical (unpaired) electrons. The largest absolute Gasteiger partial charge is 0.411 e. The molecule has 2 N–H and O–H groups in total. The molecule has 0 aliphatic carbocycles. The molecule has 0 spiro atoms. The molecule has 3 nitrogen and oxygen atoms in total. The summed E-state index contributed by atoms with van der Waals surface area (Å²) in [5.74, 6) is 0. The average Bonchev–Trinajstić information content (AvgIpc) is 2.79. The highest BCUT2D eigenvalue weighted by molar-refractivity contribution is 5.79. The Balaban J connectivity index is 1.68. The van der Waals surface area contributed by atoms with E-state index in [1.165, 1.54) is 0 Å². The van der Waals surface area contributed by atoms with Crippen molar-refractivity contribution in [2.75, 3.05) is 19.8 Å². The molecule has 1 heterocycles. The summed E-state index contributed by atoms with van der Waals surface area (Å²) in [6, 6.07) is 7.99. The van der Waals surface area contributed by atoms with Crippen LogP contribution in [-0.4, -0.2) is 30.9 Å². The van der Waals surface area contributed by atoms with E-state index in [9.17, 15) is 13.2 Å². The number of benzene rings is 1. The number of fused-ring (bicyclic) bond motifs is 1. The first-order chi connectivity index (χ1) is 9.04. The summed E-state index contributed by atoms with van der Waals surface area (Å²) in [5, 5.41) is 4.17. The lowest BCUT2D eigenvalue weighted by Gasteiger charge is -2.08. The third kappa shape index (κ3) is 4.57. The molecule has 0 fully saturated rings. The molecule has 0 saturated heterocycles. The molecular weight excluding hydrogens is 257 g/mol. The van der Waals surface area contributed by atoms with Gasteiger partial charge in [-0.15, -0.1) is 0 Å². The maximum absolute atomic E-state index is 11.8. The maximum Gasteiger partial charge on any atom is 0.411 e. The number of H-pyrrole nitrogens is 1. The van der Waals surface area contributed by atoms with Crippen LogP contribution in [0.1, 0.15) is 5.56 Å². The van der Waals surface area contributed by atoms with Crippen molar-refractivity contribution in [3.05, 3.63) is 36.0 Å². The summed E-state index contributed by atoms with van der Waals surface area (Å²) >= 11 is 0. The number of halogens is 3. The van der Waals surface area contributed by atoms with Crippen molar-refractivity contribution in [1.82, 2.24) is 10.3 Å². The Kier molecular flexibility index (Phi) is 4.44. The van der Waals surface area contributed by atoms with E-state index in [1.807, 2.05) is 30.5 Å². The third-order valence-electron chi connectivity index (χ3n) is 2.64. The molecule has 0 bridgehead atoms. The van der Waals surface area contributed by atoms with Crippen LogP contribution in [0.5, 0.6) is 0 Å². The van der Waals surface area contributed by atoms with Crippen molar-refractivity contribution in [3.63, 3.8) is 0 Å². The maximum atomic E-state index is 11.8. The number of rotatable bonds is 6. The van der Waals surface area contributed by atoms with Gasteiger partial charge in [-0.1, -0.05) is 12.1 Å². The predicted octanol–water partition coefficient (Wildman–Crippen LogP) is 2.84. The quantitative estimate of drug-likeness (QED) is 0.793. The van der Waals surface area contributed by atoms with Crippen molar-refractivity contribution >= 4 is 10.9 Å². The van der Waals surface area contributed by atoms with Crippen molar-refractivity contribution in [2.45, 2.75) is 12.7 Å². The number of hydrogen-bond acceptors (Lipinski definition) is 2. The monoisotopic (exact) mass is 272 g/mol. The molecular formula is C13H15F3N2O. The van der Waals surface area contributed by atoms with E-state index < -0.39 is 12.8 Å². The van der Waals surface area contributed by atoms with Gasteiger partial charge in [-0.05, 0) is 23.1 Å². The topological polar surface area (TPSA) is 37.0 Å². The standard InChI is InChI=1S/C13H15F3N2O/c14-13(15,16)9-19-6-5-17-8-10-1-2-11-3-4-18-12(11)7-10/h1-4,7,17-18H,5-6,8-9H2. The smallest absolute Gasteiger partial charge is 0.371 e. The van der Waals surface area contributed by atoms with Gasteiger partial charge in [0, 0.05) is 24.8 Å². The van der Waals surface area contributed by atoms with Gasteiger partial charge in [0.05, 0.1) is 6.61 Å². The first-order valence-electron chi connectivity index (χ1n) is 5.96. The first kappa shape index (κ1) is 13.9. The van der Waals surface area contributed by atoms with Crippen LogP contribution in [0.2, 0.25) is 0 Å². The lowest BCUT2D eigenvalue weighted by atomic mass is 10.1. The molecule has 0 saturated carbocycles. The second kappa shape index (κ2) is 6.08. The van der Waals surface area contributed by atoms with E-state index in [0.717, 1.165) is 16.5 Å². The van der Waals surface area contributed by atoms with Crippen LogP contribution >= 0.6 is 0 Å².